The number of carbonyl (C=O) groups is 1. The summed E-state index contributed by atoms with van der Waals surface area (Å²) in [5.41, 5.74) is 2.86. The largest absolute Gasteiger partial charge is 0.492 e. The van der Waals surface area contributed by atoms with Gasteiger partial charge in [0.25, 0.3) is 5.78 Å². The first kappa shape index (κ1) is 18.1. The van der Waals surface area contributed by atoms with Crippen LogP contribution in [0.2, 0.25) is 5.02 Å². The smallest absolute Gasteiger partial charge is 0.252 e. The van der Waals surface area contributed by atoms with E-state index in [-0.39, 0.29) is 5.91 Å². The quantitative estimate of drug-likeness (QED) is 0.643. The van der Waals surface area contributed by atoms with E-state index in [4.69, 9.17) is 16.3 Å². The molecule has 2 aromatic heterocycles. The molecule has 1 amide bonds. The van der Waals surface area contributed by atoms with E-state index in [0.29, 0.717) is 42.5 Å². The molecule has 136 valence electrons. The van der Waals surface area contributed by atoms with Crippen LogP contribution in [0.25, 0.3) is 5.78 Å². The third-order valence-electron chi connectivity index (χ3n) is 4.08. The molecule has 0 bridgehead atoms. The van der Waals surface area contributed by atoms with Gasteiger partial charge in [0.2, 0.25) is 5.91 Å². The average Bonchev–Trinajstić information content (AvgIpc) is 3.07. The number of aromatic nitrogens is 4. The Morgan fingerprint density at radius 1 is 1.35 bits per heavy atom. The molecule has 1 aromatic carbocycles. The summed E-state index contributed by atoms with van der Waals surface area (Å²) in [6, 6.07) is 7.17. The fourth-order valence-corrected chi connectivity index (χ4v) is 2.94. The van der Waals surface area contributed by atoms with Crippen molar-refractivity contribution in [3.63, 3.8) is 0 Å². The van der Waals surface area contributed by atoms with Gasteiger partial charge in [-0.3, -0.25) is 4.79 Å². The van der Waals surface area contributed by atoms with Crippen LogP contribution in [0.4, 0.5) is 0 Å². The second-order valence-corrected chi connectivity index (χ2v) is 6.33. The summed E-state index contributed by atoms with van der Waals surface area (Å²) in [6.45, 7) is 4.70. The van der Waals surface area contributed by atoms with E-state index in [0.717, 1.165) is 17.0 Å². The molecular weight excluding hydrogens is 354 g/mol. The van der Waals surface area contributed by atoms with Crippen LogP contribution in [0, 0.1) is 13.8 Å². The number of benzene rings is 1. The van der Waals surface area contributed by atoms with Gasteiger partial charge in [0, 0.05) is 22.8 Å². The van der Waals surface area contributed by atoms with E-state index in [1.54, 1.807) is 16.6 Å². The second-order valence-electron chi connectivity index (χ2n) is 5.89. The SMILES string of the molecule is Cc1nc2ncnn2c(C)c1CCC(=O)NCCOc1cccc(Cl)c1. The Balaban J connectivity index is 1.47. The van der Waals surface area contributed by atoms with Crippen molar-refractivity contribution >= 4 is 23.3 Å². The number of nitrogens with zero attached hydrogens (tertiary/aromatic N) is 4. The van der Waals surface area contributed by atoms with Crippen LogP contribution >= 0.6 is 11.6 Å². The number of rotatable bonds is 7. The van der Waals surface area contributed by atoms with Crippen LogP contribution < -0.4 is 10.1 Å². The predicted octanol–water partition coefficient (Wildman–Crippen LogP) is 2.52. The highest BCUT2D eigenvalue weighted by atomic mass is 35.5. The van der Waals surface area contributed by atoms with Gasteiger partial charge in [-0.05, 0) is 44.0 Å². The van der Waals surface area contributed by atoms with Crippen LogP contribution in [-0.2, 0) is 11.2 Å². The van der Waals surface area contributed by atoms with Crippen molar-refractivity contribution in [1.82, 2.24) is 24.9 Å². The Labute approximate surface area is 156 Å². The van der Waals surface area contributed by atoms with E-state index in [2.05, 4.69) is 20.4 Å². The lowest BCUT2D eigenvalue weighted by Crippen LogP contribution is -2.28. The highest BCUT2D eigenvalue weighted by molar-refractivity contribution is 6.30. The van der Waals surface area contributed by atoms with Crippen molar-refractivity contribution < 1.29 is 9.53 Å². The summed E-state index contributed by atoms with van der Waals surface area (Å²) in [4.78, 5) is 20.6. The maximum Gasteiger partial charge on any atom is 0.252 e. The normalized spacial score (nSPS) is 10.9. The molecule has 3 aromatic rings. The van der Waals surface area contributed by atoms with E-state index in [1.165, 1.54) is 6.33 Å². The minimum absolute atomic E-state index is 0.0304. The van der Waals surface area contributed by atoms with Crippen molar-refractivity contribution in [1.29, 1.82) is 0 Å². The standard InChI is InChI=1S/C18H20ClN5O2/c1-12-16(13(2)24-18(23-12)21-11-22-24)6-7-17(25)20-8-9-26-15-5-3-4-14(19)10-15/h3-5,10-11H,6-9H2,1-2H3,(H,20,25). The van der Waals surface area contributed by atoms with Gasteiger partial charge >= 0.3 is 0 Å². The number of nitrogens with one attached hydrogen (secondary N) is 1. The van der Waals surface area contributed by atoms with Gasteiger partial charge in [0.05, 0.1) is 6.54 Å². The summed E-state index contributed by atoms with van der Waals surface area (Å²) < 4.78 is 7.24. The molecule has 0 atom stereocenters. The van der Waals surface area contributed by atoms with Crippen molar-refractivity contribution in [2.24, 2.45) is 0 Å². The van der Waals surface area contributed by atoms with Gasteiger partial charge in [0.15, 0.2) is 0 Å². The molecule has 1 N–H and O–H groups in total. The molecule has 0 aliphatic rings. The maximum atomic E-state index is 12.1. The summed E-state index contributed by atoms with van der Waals surface area (Å²) >= 11 is 5.90. The Kier molecular flexibility index (Phi) is 5.68. The van der Waals surface area contributed by atoms with Crippen LogP contribution in [0.3, 0.4) is 0 Å². The first-order valence-electron chi connectivity index (χ1n) is 8.35. The third kappa shape index (κ3) is 4.29. The number of amides is 1. The molecule has 0 saturated carbocycles. The number of hydrogen-bond donors (Lipinski definition) is 1. The number of ether oxygens (including phenoxy) is 1. The highest BCUT2D eigenvalue weighted by Crippen LogP contribution is 2.17. The van der Waals surface area contributed by atoms with Gasteiger partial charge < -0.3 is 10.1 Å². The zero-order valence-corrected chi connectivity index (χ0v) is 15.5. The van der Waals surface area contributed by atoms with E-state index < -0.39 is 0 Å². The van der Waals surface area contributed by atoms with Crippen LogP contribution in [0.5, 0.6) is 5.75 Å². The number of halogens is 1. The fraction of sp³-hybridized carbons (Fsp3) is 0.333. The zero-order chi connectivity index (χ0) is 18.5. The van der Waals surface area contributed by atoms with E-state index in [1.807, 2.05) is 26.0 Å². The number of fused-ring (bicyclic) bond motifs is 1. The van der Waals surface area contributed by atoms with Crippen LogP contribution in [0.1, 0.15) is 23.4 Å². The molecule has 0 aliphatic carbocycles. The summed E-state index contributed by atoms with van der Waals surface area (Å²) in [5, 5.41) is 7.64. The molecule has 3 rings (SSSR count). The fourth-order valence-electron chi connectivity index (χ4n) is 2.76. The number of hydrogen-bond acceptors (Lipinski definition) is 5. The molecule has 0 fully saturated rings. The molecule has 7 nitrogen and oxygen atoms in total. The topological polar surface area (TPSA) is 81.4 Å². The van der Waals surface area contributed by atoms with Crippen LogP contribution in [-0.4, -0.2) is 38.6 Å². The van der Waals surface area contributed by atoms with Gasteiger partial charge in [-0.15, -0.1) is 0 Å². The maximum absolute atomic E-state index is 12.1. The van der Waals surface area contributed by atoms with Crippen molar-refractivity contribution in [3.05, 3.63) is 52.6 Å². The molecule has 0 unspecified atom stereocenters. The lowest BCUT2D eigenvalue weighted by Gasteiger charge is -2.11. The monoisotopic (exact) mass is 373 g/mol. The summed E-state index contributed by atoms with van der Waals surface area (Å²) in [6.07, 6.45) is 2.45. The van der Waals surface area contributed by atoms with Crippen molar-refractivity contribution in [2.45, 2.75) is 26.7 Å². The zero-order valence-electron chi connectivity index (χ0n) is 14.7. The van der Waals surface area contributed by atoms with E-state index >= 15 is 0 Å². The molecule has 0 saturated heterocycles. The Hall–Kier alpha value is -2.67. The lowest BCUT2D eigenvalue weighted by molar-refractivity contribution is -0.121. The van der Waals surface area contributed by atoms with Gasteiger partial charge in [0.1, 0.15) is 18.7 Å². The lowest BCUT2D eigenvalue weighted by atomic mass is 10.1. The minimum atomic E-state index is -0.0304. The third-order valence-corrected chi connectivity index (χ3v) is 4.31. The Morgan fingerprint density at radius 3 is 3.00 bits per heavy atom. The van der Waals surface area contributed by atoms with Crippen molar-refractivity contribution in [3.8, 4) is 5.75 Å². The summed E-state index contributed by atoms with van der Waals surface area (Å²) in [7, 11) is 0. The molecule has 0 radical (unpaired) electrons. The second kappa shape index (κ2) is 8.14. The first-order valence-corrected chi connectivity index (χ1v) is 8.73. The van der Waals surface area contributed by atoms with Crippen LogP contribution in [0.15, 0.2) is 30.6 Å². The van der Waals surface area contributed by atoms with Gasteiger partial charge in [-0.2, -0.15) is 10.1 Å². The summed E-state index contributed by atoms with van der Waals surface area (Å²) in [5.74, 6) is 1.23. The van der Waals surface area contributed by atoms with E-state index in [9.17, 15) is 4.79 Å². The molecule has 0 spiro atoms. The van der Waals surface area contributed by atoms with Gasteiger partial charge in [-0.25, -0.2) is 9.50 Å². The molecule has 26 heavy (non-hydrogen) atoms. The predicted molar refractivity (Wildman–Crippen MR) is 98.5 cm³/mol. The number of aryl methyl sites for hydroxylation is 2. The molecule has 2 heterocycles. The Morgan fingerprint density at radius 2 is 2.19 bits per heavy atom. The average molecular weight is 374 g/mol. The van der Waals surface area contributed by atoms with Crippen molar-refractivity contribution in [2.75, 3.05) is 13.2 Å². The first-order chi connectivity index (χ1) is 12.5. The number of carbonyl (C=O) groups excluding carboxylic acids is 1. The molecule has 0 aliphatic heterocycles. The van der Waals surface area contributed by atoms with Gasteiger partial charge in [-0.1, -0.05) is 17.7 Å². The molecule has 8 heteroatoms. The highest BCUT2D eigenvalue weighted by Gasteiger charge is 2.12. The molecular formula is C18H20ClN5O2. The Bertz CT molecular complexity index is 925. The minimum Gasteiger partial charge on any atom is -0.492 e.